The maximum Gasteiger partial charge on any atom is 0.266 e. The van der Waals surface area contributed by atoms with Gasteiger partial charge in [-0.15, -0.1) is 0 Å². The first-order valence-corrected chi connectivity index (χ1v) is 14.4. The van der Waals surface area contributed by atoms with Crippen LogP contribution < -0.4 is 19.5 Å². The molecular weight excluding hydrogens is 674 g/mol. The summed E-state index contributed by atoms with van der Waals surface area (Å²) in [6, 6.07) is 27.3. The molecule has 208 valence electrons. The van der Waals surface area contributed by atoms with Crippen LogP contribution in [0.2, 0.25) is 10.0 Å². The molecule has 4 aromatic carbocycles. The molecule has 0 aliphatic heterocycles. The predicted octanol–water partition coefficient (Wildman–Crippen LogP) is 8.70. The lowest BCUT2D eigenvalue weighted by molar-refractivity contribution is -0.112. The number of carbonyl (C=O) groups is 1. The van der Waals surface area contributed by atoms with Gasteiger partial charge in [-0.25, -0.2) is 0 Å². The Morgan fingerprint density at radius 3 is 2.37 bits per heavy atom. The zero-order valence-corrected chi connectivity index (χ0v) is 25.7. The number of nitriles is 1. The molecular formula is C32H25Cl2IN2O4. The average Bonchev–Trinajstić information content (AvgIpc) is 2.97. The molecule has 0 atom stereocenters. The highest BCUT2D eigenvalue weighted by Gasteiger charge is 2.15. The molecule has 4 aromatic rings. The third-order valence-electron chi connectivity index (χ3n) is 5.77. The van der Waals surface area contributed by atoms with Crippen LogP contribution in [0.5, 0.6) is 17.2 Å². The molecule has 1 amide bonds. The minimum atomic E-state index is -0.534. The lowest BCUT2D eigenvalue weighted by atomic mass is 10.1. The van der Waals surface area contributed by atoms with Crippen LogP contribution in [-0.4, -0.2) is 12.5 Å². The van der Waals surface area contributed by atoms with Crippen LogP contribution in [-0.2, 0) is 18.0 Å². The SMILES string of the molecule is CCOc1cc(/C=C(\C#N)C(=O)Nc2ccc(OCc3ccccc3Cl)cc2)cc(I)c1OCc1ccc(Cl)cc1. The molecule has 0 aliphatic rings. The fraction of sp³-hybridized carbons (Fsp3) is 0.125. The minimum absolute atomic E-state index is 0.0582. The van der Waals surface area contributed by atoms with Crippen molar-refractivity contribution in [2.24, 2.45) is 0 Å². The number of carbonyl (C=O) groups excluding carboxylic acids is 1. The minimum Gasteiger partial charge on any atom is -0.490 e. The Hall–Kier alpha value is -3.71. The molecule has 41 heavy (non-hydrogen) atoms. The van der Waals surface area contributed by atoms with Gasteiger partial charge in [-0.3, -0.25) is 4.79 Å². The maximum absolute atomic E-state index is 12.9. The molecule has 4 rings (SSSR count). The van der Waals surface area contributed by atoms with Crippen LogP contribution >= 0.6 is 45.8 Å². The van der Waals surface area contributed by atoms with Gasteiger partial charge in [0.2, 0.25) is 0 Å². The fourth-order valence-corrected chi connectivity index (χ4v) is 4.83. The molecule has 0 fully saturated rings. The van der Waals surface area contributed by atoms with Crippen molar-refractivity contribution in [2.45, 2.75) is 20.1 Å². The van der Waals surface area contributed by atoms with E-state index in [1.54, 1.807) is 30.3 Å². The van der Waals surface area contributed by atoms with Crippen LogP contribution in [0.4, 0.5) is 5.69 Å². The van der Waals surface area contributed by atoms with Gasteiger partial charge in [-0.2, -0.15) is 5.26 Å². The Morgan fingerprint density at radius 1 is 0.951 bits per heavy atom. The Labute approximate surface area is 262 Å². The Morgan fingerprint density at radius 2 is 1.68 bits per heavy atom. The maximum atomic E-state index is 12.9. The monoisotopic (exact) mass is 698 g/mol. The number of benzene rings is 4. The summed E-state index contributed by atoms with van der Waals surface area (Å²) in [6.07, 6.45) is 1.52. The molecule has 0 unspecified atom stereocenters. The zero-order valence-electron chi connectivity index (χ0n) is 22.0. The van der Waals surface area contributed by atoms with E-state index in [0.717, 1.165) is 14.7 Å². The van der Waals surface area contributed by atoms with E-state index in [4.69, 9.17) is 37.4 Å². The summed E-state index contributed by atoms with van der Waals surface area (Å²) in [7, 11) is 0. The normalized spacial score (nSPS) is 11.0. The fourth-order valence-electron chi connectivity index (χ4n) is 3.74. The number of amides is 1. The van der Waals surface area contributed by atoms with Crippen molar-refractivity contribution in [2.75, 3.05) is 11.9 Å². The van der Waals surface area contributed by atoms with E-state index in [0.29, 0.717) is 58.4 Å². The van der Waals surface area contributed by atoms with E-state index in [1.165, 1.54) is 6.08 Å². The highest BCUT2D eigenvalue weighted by atomic mass is 127. The quantitative estimate of drug-likeness (QED) is 0.0963. The summed E-state index contributed by atoms with van der Waals surface area (Å²) < 4.78 is 18.4. The van der Waals surface area contributed by atoms with Gasteiger partial charge < -0.3 is 19.5 Å². The van der Waals surface area contributed by atoms with E-state index in [1.807, 2.05) is 67.6 Å². The molecule has 0 aliphatic carbocycles. The largest absolute Gasteiger partial charge is 0.490 e. The van der Waals surface area contributed by atoms with E-state index in [9.17, 15) is 10.1 Å². The van der Waals surface area contributed by atoms with Gasteiger partial charge in [0.15, 0.2) is 11.5 Å². The second-order valence-electron chi connectivity index (χ2n) is 8.71. The molecule has 1 N–H and O–H groups in total. The number of rotatable bonds is 11. The Bertz CT molecular complexity index is 1580. The molecule has 0 bridgehead atoms. The highest BCUT2D eigenvalue weighted by Crippen LogP contribution is 2.35. The van der Waals surface area contributed by atoms with Crippen LogP contribution in [0.25, 0.3) is 6.08 Å². The van der Waals surface area contributed by atoms with E-state index < -0.39 is 5.91 Å². The molecule has 0 aromatic heterocycles. The summed E-state index contributed by atoms with van der Waals surface area (Å²) in [5.74, 6) is 1.19. The second kappa shape index (κ2) is 14.8. The van der Waals surface area contributed by atoms with Crippen molar-refractivity contribution in [3.8, 4) is 23.3 Å². The predicted molar refractivity (Wildman–Crippen MR) is 171 cm³/mol. The van der Waals surface area contributed by atoms with Gasteiger partial charge in [0.25, 0.3) is 5.91 Å². The summed E-state index contributed by atoms with van der Waals surface area (Å²) in [5.41, 5.74) is 2.93. The molecule has 0 heterocycles. The number of nitrogens with zero attached hydrogens (tertiary/aromatic N) is 1. The van der Waals surface area contributed by atoms with Crippen molar-refractivity contribution < 1.29 is 19.0 Å². The van der Waals surface area contributed by atoms with E-state index >= 15 is 0 Å². The molecule has 0 saturated heterocycles. The number of nitrogens with one attached hydrogen (secondary N) is 1. The van der Waals surface area contributed by atoms with Crippen molar-refractivity contribution in [1.82, 2.24) is 0 Å². The van der Waals surface area contributed by atoms with Crippen molar-refractivity contribution in [3.05, 3.63) is 121 Å². The molecule has 0 saturated carbocycles. The van der Waals surface area contributed by atoms with Crippen LogP contribution in [0.15, 0.2) is 90.5 Å². The first-order chi connectivity index (χ1) is 19.9. The molecule has 9 heteroatoms. The van der Waals surface area contributed by atoms with Crippen molar-refractivity contribution in [3.63, 3.8) is 0 Å². The zero-order chi connectivity index (χ0) is 29.2. The average molecular weight is 699 g/mol. The number of anilines is 1. The van der Waals surface area contributed by atoms with Gasteiger partial charge in [0.05, 0.1) is 10.2 Å². The van der Waals surface area contributed by atoms with Gasteiger partial charge in [0.1, 0.15) is 30.6 Å². The molecule has 6 nitrogen and oxygen atoms in total. The molecule has 0 spiro atoms. The van der Waals surface area contributed by atoms with Gasteiger partial charge in [0, 0.05) is 21.3 Å². The third-order valence-corrected chi connectivity index (χ3v) is 7.19. The standard InChI is InChI=1S/C32H25Cl2IN2O4/c1-2-39-30-17-22(16-29(35)31(30)41-19-21-7-9-25(33)10-8-21)15-24(18-36)32(38)37-26-11-13-27(14-12-26)40-20-23-5-3-4-6-28(23)34/h3-17H,2,19-20H2,1H3,(H,37,38)/b24-15+. The number of hydrogen-bond donors (Lipinski definition) is 1. The van der Waals surface area contributed by atoms with Crippen LogP contribution in [0.3, 0.4) is 0 Å². The summed E-state index contributed by atoms with van der Waals surface area (Å²) in [5, 5.41) is 13.8. The van der Waals surface area contributed by atoms with E-state index in [2.05, 4.69) is 27.9 Å². The highest BCUT2D eigenvalue weighted by molar-refractivity contribution is 14.1. The Kier molecular flexibility index (Phi) is 10.9. The van der Waals surface area contributed by atoms with Crippen molar-refractivity contribution in [1.29, 1.82) is 5.26 Å². The van der Waals surface area contributed by atoms with E-state index in [-0.39, 0.29) is 5.57 Å². The summed E-state index contributed by atoms with van der Waals surface area (Å²) in [4.78, 5) is 12.9. The lowest BCUT2D eigenvalue weighted by Crippen LogP contribution is -2.13. The number of hydrogen-bond acceptors (Lipinski definition) is 5. The van der Waals surface area contributed by atoms with Crippen molar-refractivity contribution >= 4 is 63.5 Å². The van der Waals surface area contributed by atoms with Gasteiger partial charge in [-0.1, -0.05) is 53.5 Å². The summed E-state index contributed by atoms with van der Waals surface area (Å²) >= 11 is 14.3. The van der Waals surface area contributed by atoms with Gasteiger partial charge >= 0.3 is 0 Å². The lowest BCUT2D eigenvalue weighted by Gasteiger charge is -2.15. The number of ether oxygens (including phenoxy) is 3. The first-order valence-electron chi connectivity index (χ1n) is 12.6. The second-order valence-corrected chi connectivity index (χ2v) is 10.7. The third kappa shape index (κ3) is 8.64. The first kappa shape index (κ1) is 30.3. The number of halogens is 3. The van der Waals surface area contributed by atoms with Crippen LogP contribution in [0.1, 0.15) is 23.6 Å². The smallest absolute Gasteiger partial charge is 0.266 e. The topological polar surface area (TPSA) is 80.6 Å². The molecule has 0 radical (unpaired) electrons. The van der Waals surface area contributed by atoms with Gasteiger partial charge in [-0.05, 0) is 101 Å². The summed E-state index contributed by atoms with van der Waals surface area (Å²) in [6.45, 7) is 2.95. The Balaban J connectivity index is 1.44. The van der Waals surface area contributed by atoms with Crippen LogP contribution in [0, 0.1) is 14.9 Å².